The van der Waals surface area contributed by atoms with E-state index in [1.54, 1.807) is 27.7 Å². The molecule has 0 unspecified atom stereocenters. The van der Waals surface area contributed by atoms with Crippen LogP contribution in [0.1, 0.15) is 26.3 Å². The molecule has 1 aromatic rings. The molecule has 3 nitrogen and oxygen atoms in total. The number of aromatic nitrogens is 1. The van der Waals surface area contributed by atoms with Crippen molar-refractivity contribution in [3.63, 3.8) is 0 Å². The quantitative estimate of drug-likeness (QED) is 0.643. The normalized spacial score (nSPS) is 11.5. The zero-order valence-electron chi connectivity index (χ0n) is 8.80. The molecule has 0 saturated carbocycles. The lowest BCUT2D eigenvalue weighted by Gasteiger charge is -2.19. The van der Waals surface area contributed by atoms with Crippen LogP contribution in [-0.2, 0) is 4.74 Å². The van der Waals surface area contributed by atoms with Crippen molar-refractivity contribution >= 4 is 6.09 Å². The predicted molar refractivity (Wildman–Crippen MR) is 50.8 cm³/mol. The first-order valence-electron chi connectivity index (χ1n) is 4.37. The van der Waals surface area contributed by atoms with Gasteiger partial charge < -0.3 is 4.74 Å². The summed E-state index contributed by atoms with van der Waals surface area (Å²) in [7, 11) is 0. The Hall–Kier alpha value is -1.32. The summed E-state index contributed by atoms with van der Waals surface area (Å²) in [4.78, 5) is 11.4. The van der Waals surface area contributed by atoms with Crippen molar-refractivity contribution in [2.45, 2.75) is 33.3 Å². The molecule has 0 N–H and O–H groups in total. The van der Waals surface area contributed by atoms with Gasteiger partial charge in [-0.1, -0.05) is 0 Å². The van der Waals surface area contributed by atoms with E-state index < -0.39 is 17.5 Å². The largest absolute Gasteiger partial charge is 0.443 e. The molecule has 0 aliphatic carbocycles. The monoisotopic (exact) mass is 199 g/mol. The maximum absolute atomic E-state index is 12.9. The van der Waals surface area contributed by atoms with Gasteiger partial charge in [0.05, 0.1) is 6.20 Å². The zero-order valence-corrected chi connectivity index (χ0v) is 8.80. The van der Waals surface area contributed by atoms with Crippen LogP contribution in [0.5, 0.6) is 0 Å². The number of nitrogens with zero attached hydrogens (tertiary/aromatic N) is 1. The molecule has 0 aliphatic rings. The molecule has 0 atom stereocenters. The van der Waals surface area contributed by atoms with Crippen LogP contribution in [0.2, 0.25) is 0 Å². The molecular weight excluding hydrogens is 185 g/mol. The van der Waals surface area contributed by atoms with Gasteiger partial charge in [-0.05, 0) is 27.7 Å². The van der Waals surface area contributed by atoms with Gasteiger partial charge in [0, 0.05) is 11.8 Å². The van der Waals surface area contributed by atoms with Crippen LogP contribution in [0, 0.1) is 12.7 Å². The predicted octanol–water partition coefficient (Wildman–Crippen LogP) is 2.72. The third-order valence-electron chi connectivity index (χ3n) is 1.57. The number of ether oxygens (including phenoxy) is 1. The van der Waals surface area contributed by atoms with E-state index in [4.69, 9.17) is 4.74 Å². The van der Waals surface area contributed by atoms with Crippen molar-refractivity contribution in [3.8, 4) is 0 Å². The average molecular weight is 199 g/mol. The average Bonchev–Trinajstić information content (AvgIpc) is 2.28. The van der Waals surface area contributed by atoms with E-state index >= 15 is 0 Å². The molecule has 78 valence electrons. The van der Waals surface area contributed by atoms with Crippen molar-refractivity contribution in [2.24, 2.45) is 0 Å². The highest BCUT2D eigenvalue weighted by atomic mass is 19.1. The van der Waals surface area contributed by atoms with Crippen LogP contribution in [0.15, 0.2) is 12.4 Å². The van der Waals surface area contributed by atoms with Gasteiger partial charge in [0.1, 0.15) is 11.4 Å². The van der Waals surface area contributed by atoms with Gasteiger partial charge >= 0.3 is 6.09 Å². The fourth-order valence-corrected chi connectivity index (χ4v) is 0.952. The summed E-state index contributed by atoms with van der Waals surface area (Å²) in [6.07, 6.45) is 1.96. The number of halogens is 1. The highest BCUT2D eigenvalue weighted by Gasteiger charge is 2.18. The maximum Gasteiger partial charge on any atom is 0.418 e. The molecule has 1 rings (SSSR count). The fourth-order valence-electron chi connectivity index (χ4n) is 0.952. The van der Waals surface area contributed by atoms with Crippen molar-refractivity contribution in [3.05, 3.63) is 23.8 Å². The van der Waals surface area contributed by atoms with Crippen LogP contribution in [0.3, 0.4) is 0 Å². The van der Waals surface area contributed by atoms with Gasteiger partial charge in [0.25, 0.3) is 0 Å². The molecule has 14 heavy (non-hydrogen) atoms. The lowest BCUT2D eigenvalue weighted by atomic mass is 10.2. The molecule has 1 heterocycles. The summed E-state index contributed by atoms with van der Waals surface area (Å²) in [5, 5.41) is 0. The summed E-state index contributed by atoms with van der Waals surface area (Å²) in [6, 6.07) is 0. The van der Waals surface area contributed by atoms with Gasteiger partial charge in [-0.3, -0.25) is 4.57 Å². The van der Waals surface area contributed by atoms with E-state index in [0.717, 1.165) is 10.8 Å². The fraction of sp³-hybridized carbons (Fsp3) is 0.500. The molecule has 1 aromatic heterocycles. The Morgan fingerprint density at radius 3 is 2.36 bits per heavy atom. The highest BCUT2D eigenvalue weighted by molar-refractivity contribution is 5.71. The minimum absolute atomic E-state index is 0.407. The van der Waals surface area contributed by atoms with Crippen LogP contribution in [0.4, 0.5) is 9.18 Å². The molecule has 0 radical (unpaired) electrons. The molecule has 0 bridgehead atoms. The molecule has 0 aliphatic heterocycles. The van der Waals surface area contributed by atoms with E-state index in [0.29, 0.717) is 5.56 Å². The van der Waals surface area contributed by atoms with Gasteiger partial charge in [-0.25, -0.2) is 9.18 Å². The summed E-state index contributed by atoms with van der Waals surface area (Å²) in [6.45, 7) is 6.88. The second-order valence-corrected chi connectivity index (χ2v) is 4.18. The molecule has 4 heteroatoms. The van der Waals surface area contributed by atoms with E-state index in [1.807, 2.05) is 0 Å². The standard InChI is InChI=1S/C10H14FNO2/c1-7-5-12(6-8(7)11)9(13)14-10(2,3)4/h5-6H,1-4H3. The first-order chi connectivity index (χ1) is 6.29. The SMILES string of the molecule is Cc1cn(C(=O)OC(C)(C)C)cc1F. The van der Waals surface area contributed by atoms with E-state index in [9.17, 15) is 9.18 Å². The number of carbonyl (C=O) groups is 1. The summed E-state index contributed by atoms with van der Waals surface area (Å²) >= 11 is 0. The minimum atomic E-state index is -0.565. The Bertz CT molecular complexity index is 330. The molecule has 0 fully saturated rings. The minimum Gasteiger partial charge on any atom is -0.443 e. The third kappa shape index (κ3) is 2.58. The summed E-state index contributed by atoms with van der Waals surface area (Å²) in [5.41, 5.74) is -0.137. The lowest BCUT2D eigenvalue weighted by molar-refractivity contribution is 0.0536. The van der Waals surface area contributed by atoms with E-state index in [2.05, 4.69) is 0 Å². The van der Waals surface area contributed by atoms with Crippen LogP contribution in [0.25, 0.3) is 0 Å². The second kappa shape index (κ2) is 3.44. The van der Waals surface area contributed by atoms with Gasteiger partial charge in [-0.15, -0.1) is 0 Å². The van der Waals surface area contributed by atoms with Gasteiger partial charge in [0.2, 0.25) is 0 Å². The van der Waals surface area contributed by atoms with Crippen molar-refractivity contribution in [2.75, 3.05) is 0 Å². The first kappa shape index (κ1) is 10.8. The zero-order chi connectivity index (χ0) is 10.9. The Kier molecular flexibility index (Phi) is 2.64. The second-order valence-electron chi connectivity index (χ2n) is 4.18. The molecule has 0 saturated heterocycles. The smallest absolute Gasteiger partial charge is 0.418 e. The molecule has 0 spiro atoms. The van der Waals surface area contributed by atoms with Crippen molar-refractivity contribution in [1.82, 2.24) is 4.57 Å². The van der Waals surface area contributed by atoms with Crippen molar-refractivity contribution in [1.29, 1.82) is 0 Å². The lowest BCUT2D eigenvalue weighted by Crippen LogP contribution is -2.26. The maximum atomic E-state index is 12.9. The molecule has 0 amide bonds. The highest BCUT2D eigenvalue weighted by Crippen LogP contribution is 2.12. The van der Waals surface area contributed by atoms with Gasteiger partial charge in [0.15, 0.2) is 0 Å². The number of carbonyl (C=O) groups excluding carboxylic acids is 1. The molecular formula is C10H14FNO2. The topological polar surface area (TPSA) is 31.2 Å². The number of hydrogen-bond acceptors (Lipinski definition) is 2. The van der Waals surface area contributed by atoms with Crippen LogP contribution >= 0.6 is 0 Å². The number of hydrogen-bond donors (Lipinski definition) is 0. The Balaban J connectivity index is 2.80. The summed E-state index contributed by atoms with van der Waals surface area (Å²) in [5.74, 6) is -0.407. The van der Waals surface area contributed by atoms with Crippen LogP contribution in [-0.4, -0.2) is 16.3 Å². The Morgan fingerprint density at radius 1 is 1.43 bits per heavy atom. The van der Waals surface area contributed by atoms with E-state index in [-0.39, 0.29) is 0 Å². The Labute approximate surface area is 82.5 Å². The van der Waals surface area contributed by atoms with Crippen LogP contribution < -0.4 is 0 Å². The first-order valence-corrected chi connectivity index (χ1v) is 4.37. The van der Waals surface area contributed by atoms with E-state index in [1.165, 1.54) is 6.20 Å². The van der Waals surface area contributed by atoms with Gasteiger partial charge in [-0.2, -0.15) is 0 Å². The number of rotatable bonds is 0. The summed E-state index contributed by atoms with van der Waals surface area (Å²) < 4.78 is 19.1. The number of aryl methyl sites for hydroxylation is 1. The van der Waals surface area contributed by atoms with Crippen molar-refractivity contribution < 1.29 is 13.9 Å². The Morgan fingerprint density at radius 2 is 2.00 bits per heavy atom. The molecule has 0 aromatic carbocycles. The third-order valence-corrected chi connectivity index (χ3v) is 1.57.